The van der Waals surface area contributed by atoms with Gasteiger partial charge in [0, 0.05) is 30.9 Å². The molecule has 0 aliphatic heterocycles. The molecule has 0 saturated heterocycles. The Bertz CT molecular complexity index is 1690. The first-order valence-electron chi connectivity index (χ1n) is 13.7. The maximum atomic E-state index is 6.34. The molecule has 0 amide bonds. The number of hydrogen-bond donors (Lipinski definition) is 1. The van der Waals surface area contributed by atoms with Gasteiger partial charge in [-0.05, 0) is 46.9 Å². The van der Waals surface area contributed by atoms with Crippen LogP contribution in [0.2, 0.25) is 0 Å². The summed E-state index contributed by atoms with van der Waals surface area (Å²) in [5, 5.41) is 14.6. The van der Waals surface area contributed by atoms with Gasteiger partial charge in [-0.15, -0.1) is 10.2 Å². The van der Waals surface area contributed by atoms with E-state index in [9.17, 15) is 0 Å². The van der Waals surface area contributed by atoms with Crippen LogP contribution in [0.1, 0.15) is 36.7 Å². The van der Waals surface area contributed by atoms with E-state index in [0.29, 0.717) is 19.0 Å². The Morgan fingerprint density at radius 3 is 2.58 bits per heavy atom. The van der Waals surface area contributed by atoms with Crippen LogP contribution in [0.15, 0.2) is 79.4 Å². The minimum atomic E-state index is 0.554. The highest BCUT2D eigenvalue weighted by molar-refractivity contribution is 5.86. The quantitative estimate of drug-likeness (QED) is 0.224. The number of aromatic amines is 1. The minimum Gasteiger partial charge on any atom is -0.489 e. The van der Waals surface area contributed by atoms with Crippen LogP contribution in [0, 0.1) is 6.92 Å². The molecule has 40 heavy (non-hydrogen) atoms. The molecule has 0 aliphatic carbocycles. The van der Waals surface area contributed by atoms with Crippen molar-refractivity contribution in [1.82, 2.24) is 39.7 Å². The number of ether oxygens (including phenoxy) is 1. The van der Waals surface area contributed by atoms with Crippen molar-refractivity contribution < 1.29 is 4.74 Å². The molecule has 0 saturated carbocycles. The summed E-state index contributed by atoms with van der Waals surface area (Å²) in [6.07, 6.45) is 8.68. The van der Waals surface area contributed by atoms with Gasteiger partial charge >= 0.3 is 0 Å². The van der Waals surface area contributed by atoms with Crippen LogP contribution in [0.4, 0.5) is 0 Å². The summed E-state index contributed by atoms with van der Waals surface area (Å²) in [5.74, 6) is 2.54. The van der Waals surface area contributed by atoms with E-state index in [4.69, 9.17) is 9.72 Å². The van der Waals surface area contributed by atoms with Crippen molar-refractivity contribution in [3.8, 4) is 28.3 Å². The summed E-state index contributed by atoms with van der Waals surface area (Å²) in [4.78, 5) is 9.24. The molecule has 0 spiro atoms. The van der Waals surface area contributed by atoms with Crippen molar-refractivity contribution in [1.29, 1.82) is 0 Å². The Morgan fingerprint density at radius 2 is 1.82 bits per heavy atom. The zero-order valence-electron chi connectivity index (χ0n) is 22.8. The molecule has 3 heterocycles. The van der Waals surface area contributed by atoms with E-state index in [1.807, 2.05) is 35.3 Å². The van der Waals surface area contributed by atoms with E-state index in [0.717, 1.165) is 70.7 Å². The Labute approximate surface area is 232 Å². The second kappa shape index (κ2) is 11.5. The Morgan fingerprint density at radius 1 is 0.975 bits per heavy atom. The Hall–Kier alpha value is -4.79. The lowest BCUT2D eigenvalue weighted by atomic mass is 9.98. The number of aromatic nitrogens is 8. The van der Waals surface area contributed by atoms with E-state index in [2.05, 4.69) is 86.5 Å². The summed E-state index contributed by atoms with van der Waals surface area (Å²) in [6.45, 7) is 6.34. The maximum absolute atomic E-state index is 6.34. The largest absolute Gasteiger partial charge is 0.489 e. The first-order valence-corrected chi connectivity index (χ1v) is 13.7. The fourth-order valence-electron chi connectivity index (χ4n) is 5.05. The molecular formula is C31H32N8O. The number of imidazole rings is 2. The number of H-pyrrole nitrogens is 1. The summed E-state index contributed by atoms with van der Waals surface area (Å²) < 4.78 is 10.7. The highest BCUT2D eigenvalue weighted by Gasteiger charge is 2.18. The molecule has 6 aromatic rings. The lowest BCUT2D eigenvalue weighted by Crippen LogP contribution is -2.09. The van der Waals surface area contributed by atoms with Crippen LogP contribution in [-0.4, -0.2) is 46.3 Å². The van der Waals surface area contributed by atoms with Crippen LogP contribution in [-0.2, 0) is 19.5 Å². The number of rotatable bonds is 11. The van der Waals surface area contributed by atoms with Gasteiger partial charge in [0.25, 0.3) is 0 Å². The zero-order valence-corrected chi connectivity index (χ0v) is 22.8. The van der Waals surface area contributed by atoms with Gasteiger partial charge in [0.15, 0.2) is 0 Å². The van der Waals surface area contributed by atoms with Crippen LogP contribution in [0.5, 0.6) is 5.75 Å². The van der Waals surface area contributed by atoms with E-state index in [-0.39, 0.29) is 0 Å². The van der Waals surface area contributed by atoms with Crippen molar-refractivity contribution in [3.05, 3.63) is 96.3 Å². The van der Waals surface area contributed by atoms with Crippen LogP contribution >= 0.6 is 0 Å². The van der Waals surface area contributed by atoms with Crippen molar-refractivity contribution >= 4 is 11.0 Å². The van der Waals surface area contributed by atoms with Gasteiger partial charge in [0.1, 0.15) is 23.7 Å². The van der Waals surface area contributed by atoms with E-state index in [1.165, 1.54) is 5.56 Å². The summed E-state index contributed by atoms with van der Waals surface area (Å²) >= 11 is 0. The van der Waals surface area contributed by atoms with E-state index >= 15 is 0 Å². The predicted octanol–water partition coefficient (Wildman–Crippen LogP) is 5.86. The minimum absolute atomic E-state index is 0.554. The topological polar surface area (TPSA) is 99.3 Å². The lowest BCUT2D eigenvalue weighted by Gasteiger charge is -2.14. The molecule has 0 fully saturated rings. The van der Waals surface area contributed by atoms with Crippen LogP contribution in [0.25, 0.3) is 33.5 Å². The average Bonchev–Trinajstić information content (AvgIpc) is 3.77. The van der Waals surface area contributed by atoms with Gasteiger partial charge in [-0.25, -0.2) is 9.97 Å². The molecule has 0 aliphatic rings. The van der Waals surface area contributed by atoms with Gasteiger partial charge < -0.3 is 13.9 Å². The molecule has 1 N–H and O–H groups in total. The third-order valence-corrected chi connectivity index (χ3v) is 7.18. The van der Waals surface area contributed by atoms with E-state index in [1.54, 1.807) is 6.20 Å². The standard InChI is InChI=1S/C31H32N8O/c1-3-4-9-28-33-29-22(2)10-15-27(40-19-18-38-17-16-32-21-38)30(29)39(28)20-23-11-13-24(14-12-23)25-7-5-6-8-26(25)31-34-36-37-35-31/h5-8,10-17,21H,3-4,9,18-20H2,1-2H3,(H,34,35,36,37). The lowest BCUT2D eigenvalue weighted by molar-refractivity contribution is 0.300. The molecule has 202 valence electrons. The Kier molecular flexibility index (Phi) is 7.34. The number of fused-ring (bicyclic) bond motifs is 1. The van der Waals surface area contributed by atoms with E-state index < -0.39 is 0 Å². The van der Waals surface area contributed by atoms with Gasteiger partial charge in [0.05, 0.1) is 18.4 Å². The van der Waals surface area contributed by atoms with Crippen LogP contribution in [0.3, 0.4) is 0 Å². The van der Waals surface area contributed by atoms with Crippen molar-refractivity contribution in [2.24, 2.45) is 0 Å². The molecule has 0 unspecified atom stereocenters. The average molecular weight is 533 g/mol. The molecule has 6 rings (SSSR count). The number of benzene rings is 3. The number of unbranched alkanes of at least 4 members (excludes halogenated alkanes) is 1. The first kappa shape index (κ1) is 25.5. The zero-order chi connectivity index (χ0) is 27.3. The number of hydrogen-bond acceptors (Lipinski definition) is 6. The predicted molar refractivity (Wildman–Crippen MR) is 155 cm³/mol. The first-order chi connectivity index (χ1) is 19.7. The Balaban J connectivity index is 1.32. The third kappa shape index (κ3) is 5.22. The van der Waals surface area contributed by atoms with Gasteiger partial charge in [-0.2, -0.15) is 5.21 Å². The monoisotopic (exact) mass is 532 g/mol. The van der Waals surface area contributed by atoms with Crippen LogP contribution < -0.4 is 4.74 Å². The number of nitrogens with zero attached hydrogens (tertiary/aromatic N) is 7. The highest BCUT2D eigenvalue weighted by Crippen LogP contribution is 2.32. The molecule has 3 aromatic heterocycles. The van der Waals surface area contributed by atoms with Gasteiger partial charge in [-0.3, -0.25) is 0 Å². The number of nitrogens with one attached hydrogen (secondary N) is 1. The smallest absolute Gasteiger partial charge is 0.205 e. The SMILES string of the molecule is CCCCc1nc2c(C)ccc(OCCn3ccnc3)c2n1Cc1ccc(-c2ccccc2-c2nn[nH]n2)cc1. The fourth-order valence-corrected chi connectivity index (χ4v) is 5.05. The van der Waals surface area contributed by atoms with Crippen molar-refractivity contribution in [2.75, 3.05) is 6.61 Å². The summed E-state index contributed by atoms with van der Waals surface area (Å²) in [6, 6.07) is 21.0. The molecule has 9 nitrogen and oxygen atoms in total. The van der Waals surface area contributed by atoms with Gasteiger partial charge in [-0.1, -0.05) is 67.9 Å². The second-order valence-corrected chi connectivity index (χ2v) is 9.92. The normalized spacial score (nSPS) is 11.3. The summed E-state index contributed by atoms with van der Waals surface area (Å²) in [5.41, 5.74) is 7.53. The summed E-state index contributed by atoms with van der Waals surface area (Å²) in [7, 11) is 0. The molecule has 0 bridgehead atoms. The molecule has 0 atom stereocenters. The molecule has 0 radical (unpaired) electrons. The second-order valence-electron chi connectivity index (χ2n) is 9.92. The van der Waals surface area contributed by atoms with Crippen molar-refractivity contribution in [3.63, 3.8) is 0 Å². The number of tetrazole rings is 1. The molecular weight excluding hydrogens is 500 g/mol. The fraction of sp³-hybridized carbons (Fsp3) is 0.258. The molecule has 9 heteroatoms. The maximum Gasteiger partial charge on any atom is 0.205 e. The number of aryl methyl sites for hydroxylation is 2. The van der Waals surface area contributed by atoms with Crippen molar-refractivity contribution in [2.45, 2.75) is 46.2 Å². The van der Waals surface area contributed by atoms with Gasteiger partial charge in [0.2, 0.25) is 5.82 Å². The third-order valence-electron chi connectivity index (χ3n) is 7.18. The highest BCUT2D eigenvalue weighted by atomic mass is 16.5. The molecule has 3 aromatic carbocycles.